The van der Waals surface area contributed by atoms with Crippen molar-refractivity contribution in [2.24, 2.45) is 0 Å². The van der Waals surface area contributed by atoms with Crippen LogP contribution in [0.4, 0.5) is 4.79 Å². The largest absolute Gasteiger partial charge is 0.479 e. The molecule has 0 saturated heterocycles. The number of nitrogens with one attached hydrogen (secondary N) is 2. The normalized spacial score (nSPS) is 11.5. The minimum atomic E-state index is -0.813. The van der Waals surface area contributed by atoms with Crippen molar-refractivity contribution in [1.82, 2.24) is 10.6 Å². The van der Waals surface area contributed by atoms with E-state index in [2.05, 4.69) is 10.6 Å². The summed E-state index contributed by atoms with van der Waals surface area (Å²) in [6.45, 7) is 1.53. The van der Waals surface area contributed by atoms with Crippen LogP contribution < -0.4 is 15.4 Å². The molecule has 1 atom stereocenters. The van der Waals surface area contributed by atoms with Crippen LogP contribution in [0.2, 0.25) is 5.02 Å². The number of halogens is 1. The molecule has 6 heteroatoms. The van der Waals surface area contributed by atoms with Crippen LogP contribution in [0.5, 0.6) is 5.75 Å². The fourth-order valence-corrected chi connectivity index (χ4v) is 1.24. The van der Waals surface area contributed by atoms with Gasteiger partial charge in [0.15, 0.2) is 6.10 Å². The Balaban J connectivity index is 2.60. The van der Waals surface area contributed by atoms with Crippen LogP contribution in [0.3, 0.4) is 0 Å². The quantitative estimate of drug-likeness (QED) is 0.863. The van der Waals surface area contributed by atoms with Gasteiger partial charge in [-0.3, -0.25) is 10.1 Å². The minimum absolute atomic E-state index is 0.397. The maximum atomic E-state index is 11.5. The van der Waals surface area contributed by atoms with Gasteiger partial charge in [0.1, 0.15) is 5.75 Å². The Kier molecular flexibility index (Phi) is 4.78. The van der Waals surface area contributed by atoms with Crippen LogP contribution in [0.1, 0.15) is 6.92 Å². The van der Waals surface area contributed by atoms with E-state index in [0.29, 0.717) is 10.8 Å². The van der Waals surface area contributed by atoms with Gasteiger partial charge in [-0.05, 0) is 19.1 Å². The summed E-state index contributed by atoms with van der Waals surface area (Å²) in [4.78, 5) is 22.4. The van der Waals surface area contributed by atoms with E-state index in [4.69, 9.17) is 16.3 Å². The number of carbonyl (C=O) groups is 2. The Morgan fingerprint density at radius 2 is 2.00 bits per heavy atom. The maximum Gasteiger partial charge on any atom is 0.321 e. The van der Waals surface area contributed by atoms with Gasteiger partial charge in [-0.15, -0.1) is 0 Å². The summed E-state index contributed by atoms with van der Waals surface area (Å²) in [5.41, 5.74) is 0. The van der Waals surface area contributed by atoms with Crippen molar-refractivity contribution in [3.05, 3.63) is 29.3 Å². The number of hydrogen-bond donors (Lipinski definition) is 2. The molecule has 1 aromatic carbocycles. The molecule has 0 aliphatic rings. The third kappa shape index (κ3) is 3.96. The molecule has 92 valence electrons. The molecule has 0 aromatic heterocycles. The number of urea groups is 1. The number of amides is 3. The molecule has 0 aliphatic heterocycles. The van der Waals surface area contributed by atoms with Crippen LogP contribution in [0.15, 0.2) is 24.3 Å². The van der Waals surface area contributed by atoms with Gasteiger partial charge in [0.25, 0.3) is 5.91 Å². The fourth-order valence-electron chi connectivity index (χ4n) is 1.06. The van der Waals surface area contributed by atoms with Crippen molar-refractivity contribution in [1.29, 1.82) is 0 Å². The summed E-state index contributed by atoms with van der Waals surface area (Å²) in [5, 5.41) is 4.79. The molecule has 1 rings (SSSR count). The van der Waals surface area contributed by atoms with Crippen LogP contribution in [0, 0.1) is 0 Å². The highest BCUT2D eigenvalue weighted by molar-refractivity contribution is 6.32. The molecule has 0 fully saturated rings. The Morgan fingerprint density at radius 1 is 1.35 bits per heavy atom. The number of rotatable bonds is 3. The number of hydrogen-bond acceptors (Lipinski definition) is 3. The summed E-state index contributed by atoms with van der Waals surface area (Å²) in [6.07, 6.45) is -0.813. The molecule has 17 heavy (non-hydrogen) atoms. The SMILES string of the molecule is CNC(=O)NC(=O)[C@@H](C)Oc1ccccc1Cl. The van der Waals surface area contributed by atoms with Crippen molar-refractivity contribution in [3.8, 4) is 5.75 Å². The number of carbonyl (C=O) groups excluding carboxylic acids is 2. The minimum Gasteiger partial charge on any atom is -0.479 e. The molecule has 0 heterocycles. The van der Waals surface area contributed by atoms with Crippen LogP contribution >= 0.6 is 11.6 Å². The van der Waals surface area contributed by atoms with E-state index in [0.717, 1.165) is 0 Å². The maximum absolute atomic E-state index is 11.5. The molecule has 0 radical (unpaired) electrons. The smallest absolute Gasteiger partial charge is 0.321 e. The van der Waals surface area contributed by atoms with Gasteiger partial charge < -0.3 is 10.1 Å². The predicted octanol–water partition coefficient (Wildman–Crippen LogP) is 1.56. The fraction of sp³-hybridized carbons (Fsp3) is 0.273. The van der Waals surface area contributed by atoms with Crippen molar-refractivity contribution in [2.75, 3.05) is 7.05 Å². The lowest BCUT2D eigenvalue weighted by atomic mass is 10.3. The first-order chi connectivity index (χ1) is 8.04. The Bertz CT molecular complexity index is 423. The van der Waals surface area contributed by atoms with Crippen molar-refractivity contribution < 1.29 is 14.3 Å². The number of benzene rings is 1. The van der Waals surface area contributed by atoms with Crippen LogP contribution in [-0.2, 0) is 4.79 Å². The van der Waals surface area contributed by atoms with Crippen LogP contribution in [0.25, 0.3) is 0 Å². The molecule has 1 aromatic rings. The van der Waals surface area contributed by atoms with Crippen molar-refractivity contribution in [3.63, 3.8) is 0 Å². The second kappa shape index (κ2) is 6.10. The van der Waals surface area contributed by atoms with Gasteiger partial charge in [0.05, 0.1) is 5.02 Å². The Morgan fingerprint density at radius 3 is 2.59 bits per heavy atom. The Hall–Kier alpha value is -1.75. The summed E-state index contributed by atoms with van der Waals surface area (Å²) >= 11 is 5.87. The van der Waals surface area contributed by atoms with Crippen molar-refractivity contribution in [2.45, 2.75) is 13.0 Å². The van der Waals surface area contributed by atoms with E-state index >= 15 is 0 Å². The van der Waals surface area contributed by atoms with E-state index in [1.54, 1.807) is 24.3 Å². The highest BCUT2D eigenvalue weighted by Crippen LogP contribution is 2.24. The number of imide groups is 1. The van der Waals surface area contributed by atoms with Gasteiger partial charge in [-0.2, -0.15) is 0 Å². The first-order valence-electron chi connectivity index (χ1n) is 4.98. The summed E-state index contributed by atoms with van der Waals surface area (Å²) < 4.78 is 5.33. The molecule has 0 aliphatic carbocycles. The molecule has 0 bridgehead atoms. The topological polar surface area (TPSA) is 67.4 Å². The van der Waals surface area contributed by atoms with E-state index in [-0.39, 0.29) is 0 Å². The van der Waals surface area contributed by atoms with Gasteiger partial charge in [-0.25, -0.2) is 4.79 Å². The van der Waals surface area contributed by atoms with E-state index in [1.807, 2.05) is 0 Å². The zero-order chi connectivity index (χ0) is 12.8. The van der Waals surface area contributed by atoms with E-state index < -0.39 is 18.0 Å². The third-order valence-corrected chi connectivity index (χ3v) is 2.29. The second-order valence-corrected chi connectivity index (χ2v) is 3.67. The van der Waals surface area contributed by atoms with Gasteiger partial charge in [-0.1, -0.05) is 23.7 Å². The molecule has 0 saturated carbocycles. The monoisotopic (exact) mass is 256 g/mol. The Labute approximate surface area is 104 Å². The lowest BCUT2D eigenvalue weighted by Crippen LogP contribution is -2.43. The zero-order valence-electron chi connectivity index (χ0n) is 9.49. The third-order valence-electron chi connectivity index (χ3n) is 1.97. The molecular formula is C11H13ClN2O3. The van der Waals surface area contributed by atoms with Crippen LogP contribution in [-0.4, -0.2) is 25.1 Å². The van der Waals surface area contributed by atoms with Gasteiger partial charge in [0.2, 0.25) is 0 Å². The number of para-hydroxylation sites is 1. The van der Waals surface area contributed by atoms with Crippen molar-refractivity contribution >= 4 is 23.5 Å². The lowest BCUT2D eigenvalue weighted by molar-refractivity contribution is -0.126. The summed E-state index contributed by atoms with van der Waals surface area (Å²) in [7, 11) is 1.42. The summed E-state index contributed by atoms with van der Waals surface area (Å²) in [6, 6.07) is 6.21. The highest BCUT2D eigenvalue weighted by atomic mass is 35.5. The summed E-state index contributed by atoms with van der Waals surface area (Å²) in [5.74, 6) is -0.141. The lowest BCUT2D eigenvalue weighted by Gasteiger charge is -2.14. The molecule has 5 nitrogen and oxygen atoms in total. The number of ether oxygens (including phenoxy) is 1. The highest BCUT2D eigenvalue weighted by Gasteiger charge is 2.17. The molecular weight excluding hydrogens is 244 g/mol. The average Bonchev–Trinajstić information content (AvgIpc) is 2.31. The van der Waals surface area contributed by atoms with E-state index in [1.165, 1.54) is 14.0 Å². The zero-order valence-corrected chi connectivity index (χ0v) is 10.2. The average molecular weight is 257 g/mol. The molecule has 0 spiro atoms. The first-order valence-corrected chi connectivity index (χ1v) is 5.36. The molecule has 3 amide bonds. The first kappa shape index (κ1) is 13.3. The van der Waals surface area contributed by atoms with E-state index in [9.17, 15) is 9.59 Å². The molecule has 0 unspecified atom stereocenters. The van der Waals surface area contributed by atoms with Gasteiger partial charge in [0, 0.05) is 7.05 Å². The standard InChI is InChI=1S/C11H13ClN2O3/c1-7(10(15)14-11(16)13-2)17-9-6-4-3-5-8(9)12/h3-7H,1-2H3,(H2,13,14,15,16)/t7-/m1/s1. The predicted molar refractivity (Wildman–Crippen MR) is 64.1 cm³/mol. The van der Waals surface area contributed by atoms with Gasteiger partial charge >= 0.3 is 6.03 Å². The second-order valence-electron chi connectivity index (χ2n) is 3.26. The molecule has 2 N–H and O–H groups in total.